The van der Waals surface area contributed by atoms with Crippen LogP contribution in [0.4, 0.5) is 0 Å². The molecule has 112 valence electrons. The highest BCUT2D eigenvalue weighted by molar-refractivity contribution is 5.24. The molecule has 4 nitrogen and oxygen atoms in total. The first-order valence-corrected chi connectivity index (χ1v) is 7.18. The van der Waals surface area contributed by atoms with Crippen molar-refractivity contribution in [3.8, 4) is 0 Å². The van der Waals surface area contributed by atoms with E-state index in [1.807, 2.05) is 55.6 Å². The molecule has 1 heterocycles. The number of aliphatic hydroxyl groups is 1. The molecule has 1 aromatic carbocycles. The summed E-state index contributed by atoms with van der Waals surface area (Å²) >= 11 is 0. The lowest BCUT2D eigenvalue weighted by molar-refractivity contribution is 0.151. The molecule has 0 spiro atoms. The van der Waals surface area contributed by atoms with Crippen LogP contribution in [0.25, 0.3) is 0 Å². The minimum Gasteiger partial charge on any atom is -0.394 e. The number of benzene rings is 1. The highest BCUT2D eigenvalue weighted by Crippen LogP contribution is 2.18. The Morgan fingerprint density at radius 3 is 2.48 bits per heavy atom. The SMILES string of the molecule is CN(CCc1ccccn1)CC(N)(CO)c1ccccc1. The summed E-state index contributed by atoms with van der Waals surface area (Å²) in [5, 5.41) is 9.71. The fourth-order valence-corrected chi connectivity index (χ4v) is 2.41. The maximum absolute atomic E-state index is 9.71. The molecule has 1 aromatic heterocycles. The van der Waals surface area contributed by atoms with Gasteiger partial charge in [0, 0.05) is 31.4 Å². The molecule has 0 bridgehead atoms. The van der Waals surface area contributed by atoms with Gasteiger partial charge in [-0.2, -0.15) is 0 Å². The van der Waals surface area contributed by atoms with Crippen LogP contribution in [-0.4, -0.2) is 41.7 Å². The van der Waals surface area contributed by atoms with Gasteiger partial charge in [-0.15, -0.1) is 0 Å². The molecule has 0 saturated heterocycles. The summed E-state index contributed by atoms with van der Waals surface area (Å²) < 4.78 is 0. The number of pyridine rings is 1. The second-order valence-corrected chi connectivity index (χ2v) is 5.49. The summed E-state index contributed by atoms with van der Waals surface area (Å²) in [4.78, 5) is 6.46. The van der Waals surface area contributed by atoms with Gasteiger partial charge in [-0.3, -0.25) is 4.98 Å². The van der Waals surface area contributed by atoms with Gasteiger partial charge in [-0.1, -0.05) is 36.4 Å². The Morgan fingerprint density at radius 2 is 1.86 bits per heavy atom. The quantitative estimate of drug-likeness (QED) is 0.807. The average Bonchev–Trinajstić information content (AvgIpc) is 2.54. The van der Waals surface area contributed by atoms with Crippen molar-refractivity contribution in [2.75, 3.05) is 26.7 Å². The zero-order valence-electron chi connectivity index (χ0n) is 12.4. The van der Waals surface area contributed by atoms with Crippen LogP contribution < -0.4 is 5.73 Å². The minimum atomic E-state index is -0.736. The number of nitrogens with zero attached hydrogens (tertiary/aromatic N) is 2. The monoisotopic (exact) mass is 285 g/mol. The van der Waals surface area contributed by atoms with Crippen LogP contribution >= 0.6 is 0 Å². The molecule has 0 amide bonds. The van der Waals surface area contributed by atoms with Crippen molar-refractivity contribution in [3.63, 3.8) is 0 Å². The summed E-state index contributed by atoms with van der Waals surface area (Å²) in [5.74, 6) is 0. The van der Waals surface area contributed by atoms with Crippen LogP contribution in [0, 0.1) is 0 Å². The van der Waals surface area contributed by atoms with Crippen LogP contribution in [0.2, 0.25) is 0 Å². The van der Waals surface area contributed by atoms with Crippen molar-refractivity contribution in [2.45, 2.75) is 12.0 Å². The van der Waals surface area contributed by atoms with E-state index in [2.05, 4.69) is 9.88 Å². The molecular formula is C17H23N3O. The fraction of sp³-hybridized carbons (Fsp3) is 0.353. The van der Waals surface area contributed by atoms with E-state index in [1.54, 1.807) is 6.20 Å². The minimum absolute atomic E-state index is 0.0784. The van der Waals surface area contributed by atoms with E-state index in [1.165, 1.54) is 0 Å². The largest absolute Gasteiger partial charge is 0.394 e. The summed E-state index contributed by atoms with van der Waals surface area (Å²) in [5.41, 5.74) is 7.67. The second kappa shape index (κ2) is 7.31. The molecule has 1 atom stereocenters. The Hall–Kier alpha value is -1.75. The zero-order chi connectivity index (χ0) is 15.1. The van der Waals surface area contributed by atoms with Gasteiger partial charge in [0.2, 0.25) is 0 Å². The number of hydrogen-bond acceptors (Lipinski definition) is 4. The number of nitrogens with two attached hydrogens (primary N) is 1. The van der Waals surface area contributed by atoms with Crippen LogP contribution in [0.15, 0.2) is 54.7 Å². The van der Waals surface area contributed by atoms with E-state index in [-0.39, 0.29) is 6.61 Å². The van der Waals surface area contributed by atoms with Crippen molar-refractivity contribution >= 4 is 0 Å². The predicted molar refractivity (Wildman–Crippen MR) is 84.8 cm³/mol. The Morgan fingerprint density at radius 1 is 1.14 bits per heavy atom. The maximum Gasteiger partial charge on any atom is 0.0772 e. The number of aromatic nitrogens is 1. The Labute approximate surface area is 126 Å². The number of hydrogen-bond donors (Lipinski definition) is 2. The van der Waals surface area contributed by atoms with Gasteiger partial charge in [0.1, 0.15) is 0 Å². The fourth-order valence-electron chi connectivity index (χ4n) is 2.41. The molecule has 0 saturated carbocycles. The van der Waals surface area contributed by atoms with Gasteiger partial charge in [-0.05, 0) is 24.7 Å². The van der Waals surface area contributed by atoms with E-state index in [0.717, 1.165) is 24.2 Å². The second-order valence-electron chi connectivity index (χ2n) is 5.49. The van der Waals surface area contributed by atoms with Gasteiger partial charge in [-0.25, -0.2) is 0 Å². The van der Waals surface area contributed by atoms with Crippen molar-refractivity contribution < 1.29 is 5.11 Å². The van der Waals surface area contributed by atoms with Crippen molar-refractivity contribution in [1.29, 1.82) is 0 Å². The highest BCUT2D eigenvalue weighted by atomic mass is 16.3. The maximum atomic E-state index is 9.71. The number of likely N-dealkylation sites (N-methyl/N-ethyl adjacent to an activating group) is 1. The van der Waals surface area contributed by atoms with Gasteiger partial charge in [0.15, 0.2) is 0 Å². The summed E-state index contributed by atoms with van der Waals surface area (Å²) in [6.45, 7) is 1.37. The first kappa shape index (κ1) is 15.6. The summed E-state index contributed by atoms with van der Waals surface area (Å²) in [6, 6.07) is 15.7. The van der Waals surface area contributed by atoms with Gasteiger partial charge >= 0.3 is 0 Å². The van der Waals surface area contributed by atoms with Gasteiger partial charge in [0.25, 0.3) is 0 Å². The van der Waals surface area contributed by atoms with Crippen LogP contribution in [0.5, 0.6) is 0 Å². The Balaban J connectivity index is 1.95. The number of aliphatic hydroxyl groups excluding tert-OH is 1. The Bertz CT molecular complexity index is 532. The van der Waals surface area contributed by atoms with E-state index < -0.39 is 5.54 Å². The van der Waals surface area contributed by atoms with Crippen molar-refractivity contribution in [1.82, 2.24) is 9.88 Å². The van der Waals surface area contributed by atoms with Crippen molar-refractivity contribution in [2.24, 2.45) is 5.73 Å². The van der Waals surface area contributed by atoms with Gasteiger partial charge in [0.05, 0.1) is 12.1 Å². The average molecular weight is 285 g/mol. The normalized spacial score (nSPS) is 14.1. The third-order valence-corrected chi connectivity index (χ3v) is 3.66. The predicted octanol–water partition coefficient (Wildman–Crippen LogP) is 1.40. The molecule has 0 aliphatic carbocycles. The van der Waals surface area contributed by atoms with E-state index in [4.69, 9.17) is 5.73 Å². The molecule has 0 aliphatic heterocycles. The molecule has 2 rings (SSSR count). The van der Waals surface area contributed by atoms with Gasteiger partial charge < -0.3 is 15.7 Å². The van der Waals surface area contributed by atoms with Crippen LogP contribution in [0.3, 0.4) is 0 Å². The standard InChI is InChI=1S/C17H23N3O/c1-20(12-10-16-9-5-6-11-19-16)13-17(18,14-21)15-7-3-2-4-8-15/h2-9,11,21H,10,12-14,18H2,1H3. The third kappa shape index (κ3) is 4.36. The smallest absolute Gasteiger partial charge is 0.0772 e. The lowest BCUT2D eigenvalue weighted by Crippen LogP contribution is -2.49. The molecule has 3 N–H and O–H groups in total. The van der Waals surface area contributed by atoms with E-state index in [9.17, 15) is 5.11 Å². The molecule has 4 heteroatoms. The third-order valence-electron chi connectivity index (χ3n) is 3.66. The molecule has 0 fully saturated rings. The molecule has 0 aliphatic rings. The Kier molecular flexibility index (Phi) is 5.44. The molecule has 1 unspecified atom stereocenters. The summed E-state index contributed by atoms with van der Waals surface area (Å²) in [6.07, 6.45) is 2.67. The first-order valence-electron chi connectivity index (χ1n) is 7.18. The zero-order valence-corrected chi connectivity index (χ0v) is 12.4. The van der Waals surface area contributed by atoms with Crippen LogP contribution in [0.1, 0.15) is 11.3 Å². The molecule has 21 heavy (non-hydrogen) atoms. The van der Waals surface area contributed by atoms with E-state index in [0.29, 0.717) is 6.54 Å². The lowest BCUT2D eigenvalue weighted by Gasteiger charge is -2.32. The highest BCUT2D eigenvalue weighted by Gasteiger charge is 2.27. The van der Waals surface area contributed by atoms with Crippen LogP contribution in [-0.2, 0) is 12.0 Å². The molecule has 0 radical (unpaired) electrons. The number of rotatable bonds is 7. The first-order chi connectivity index (χ1) is 10.1. The topological polar surface area (TPSA) is 62.4 Å². The molecule has 2 aromatic rings. The summed E-state index contributed by atoms with van der Waals surface area (Å²) in [7, 11) is 2.02. The van der Waals surface area contributed by atoms with Crippen molar-refractivity contribution in [3.05, 3.63) is 66.0 Å². The molecular weight excluding hydrogens is 262 g/mol. The van der Waals surface area contributed by atoms with E-state index >= 15 is 0 Å². The lowest BCUT2D eigenvalue weighted by atomic mass is 9.91.